The maximum Gasteiger partial charge on any atom is 0.417 e. The Kier molecular flexibility index (Phi) is 6.68. The number of nitrogens with zero attached hydrogens (tertiary/aromatic N) is 3. The molecule has 1 aromatic carbocycles. The van der Waals surface area contributed by atoms with Crippen molar-refractivity contribution in [2.24, 2.45) is 11.3 Å². The van der Waals surface area contributed by atoms with E-state index in [1.807, 2.05) is 12.1 Å². The summed E-state index contributed by atoms with van der Waals surface area (Å²) in [7, 11) is 0. The first-order valence-corrected chi connectivity index (χ1v) is 14.1. The van der Waals surface area contributed by atoms with E-state index in [0.29, 0.717) is 41.7 Å². The Morgan fingerprint density at radius 2 is 1.85 bits per heavy atom. The molecule has 39 heavy (non-hydrogen) atoms. The van der Waals surface area contributed by atoms with E-state index in [9.17, 15) is 27.9 Å². The molecule has 2 aromatic rings. The molecule has 3 heterocycles. The minimum Gasteiger partial charge on any atom is -0.478 e. The van der Waals surface area contributed by atoms with Gasteiger partial charge in [0.1, 0.15) is 0 Å². The highest BCUT2D eigenvalue weighted by molar-refractivity contribution is 5.89. The molecule has 9 heteroatoms. The second-order valence-electron chi connectivity index (χ2n) is 11.8. The third-order valence-corrected chi connectivity index (χ3v) is 9.87. The van der Waals surface area contributed by atoms with Crippen LogP contribution in [0.2, 0.25) is 0 Å². The molecule has 1 amide bonds. The van der Waals surface area contributed by atoms with Crippen LogP contribution in [0, 0.1) is 11.3 Å². The van der Waals surface area contributed by atoms with Crippen LogP contribution in [0.4, 0.5) is 13.2 Å². The van der Waals surface area contributed by atoms with Crippen LogP contribution >= 0.6 is 0 Å². The van der Waals surface area contributed by atoms with Gasteiger partial charge in [0.05, 0.1) is 16.5 Å². The number of carbonyl (C=O) groups is 2. The molecule has 3 unspecified atom stereocenters. The summed E-state index contributed by atoms with van der Waals surface area (Å²) in [5.74, 6) is -0.251. The van der Waals surface area contributed by atoms with Gasteiger partial charge in [-0.05, 0) is 86.7 Å². The number of halogens is 3. The second-order valence-corrected chi connectivity index (χ2v) is 11.8. The van der Waals surface area contributed by atoms with Gasteiger partial charge in [0.2, 0.25) is 5.91 Å². The Balaban J connectivity index is 1.14. The standard InChI is InChI=1S/C30H34F3N3O3/c31-30(32,33)22-14-20-18-36(13-9-26(20)34-17-22)28(39)29-10-3-4-21(29)15-23(16-29)35-11-7-19(8-12-35)24-5-1-2-6-25(24)27(37)38/h1-2,5-6,14,17,19,21,23H,3-4,7-13,15-16,18H2,(H,37,38). The van der Waals surface area contributed by atoms with Crippen LogP contribution in [0.3, 0.4) is 0 Å². The van der Waals surface area contributed by atoms with E-state index in [0.717, 1.165) is 75.9 Å². The predicted octanol–water partition coefficient (Wildman–Crippen LogP) is 5.51. The lowest BCUT2D eigenvalue weighted by Gasteiger charge is -2.39. The van der Waals surface area contributed by atoms with Gasteiger partial charge in [-0.2, -0.15) is 13.2 Å². The number of hydrogen-bond donors (Lipinski definition) is 1. The normalized spacial score (nSPS) is 27.8. The van der Waals surface area contributed by atoms with Gasteiger partial charge in [-0.15, -0.1) is 0 Å². The van der Waals surface area contributed by atoms with Crippen LogP contribution in [0.5, 0.6) is 0 Å². The molecule has 3 atom stereocenters. The van der Waals surface area contributed by atoms with Crippen molar-refractivity contribution < 1.29 is 27.9 Å². The van der Waals surface area contributed by atoms with Gasteiger partial charge in [-0.1, -0.05) is 24.6 Å². The highest BCUT2D eigenvalue weighted by Gasteiger charge is 2.57. The summed E-state index contributed by atoms with van der Waals surface area (Å²) in [5, 5.41) is 9.60. The molecule has 2 saturated carbocycles. The van der Waals surface area contributed by atoms with Gasteiger partial charge >= 0.3 is 12.1 Å². The summed E-state index contributed by atoms with van der Waals surface area (Å²) < 4.78 is 39.8. The molecule has 2 aliphatic carbocycles. The molecule has 2 aliphatic heterocycles. The summed E-state index contributed by atoms with van der Waals surface area (Å²) in [6.07, 6.45) is 3.38. The van der Waals surface area contributed by atoms with E-state index in [1.54, 1.807) is 17.0 Å². The monoisotopic (exact) mass is 541 g/mol. The Morgan fingerprint density at radius 1 is 1.08 bits per heavy atom. The highest BCUT2D eigenvalue weighted by Crippen LogP contribution is 2.57. The number of fused-ring (bicyclic) bond motifs is 2. The third-order valence-electron chi connectivity index (χ3n) is 9.87. The Bertz CT molecular complexity index is 1270. The molecule has 0 spiro atoms. The SMILES string of the molecule is O=C(O)c1ccccc1C1CCN(C2CC3CCCC3(C(=O)N3CCc4ncc(C(F)(F)F)cc4C3)C2)CC1. The maximum atomic E-state index is 14.1. The molecule has 6 nitrogen and oxygen atoms in total. The van der Waals surface area contributed by atoms with Gasteiger partial charge in [-0.25, -0.2) is 4.79 Å². The number of aromatic nitrogens is 1. The number of carboxylic acid groups (broad SMARTS) is 1. The fourth-order valence-corrected chi connectivity index (χ4v) is 7.93. The van der Waals surface area contributed by atoms with Crippen molar-refractivity contribution in [3.8, 4) is 0 Å². The first-order valence-electron chi connectivity index (χ1n) is 14.1. The minimum atomic E-state index is -4.45. The highest BCUT2D eigenvalue weighted by atomic mass is 19.4. The number of carbonyl (C=O) groups excluding carboxylic acids is 1. The lowest BCUT2D eigenvalue weighted by molar-refractivity contribution is -0.144. The van der Waals surface area contributed by atoms with Crippen molar-refractivity contribution in [2.75, 3.05) is 19.6 Å². The van der Waals surface area contributed by atoms with Crippen LogP contribution in [0.15, 0.2) is 36.5 Å². The van der Waals surface area contributed by atoms with E-state index in [1.165, 1.54) is 0 Å². The number of rotatable bonds is 4. The minimum absolute atomic E-state index is 0.112. The van der Waals surface area contributed by atoms with Crippen LogP contribution in [-0.4, -0.2) is 57.4 Å². The van der Waals surface area contributed by atoms with Crippen LogP contribution in [0.25, 0.3) is 0 Å². The van der Waals surface area contributed by atoms with Gasteiger partial charge in [-0.3, -0.25) is 9.78 Å². The van der Waals surface area contributed by atoms with Gasteiger partial charge in [0, 0.05) is 37.4 Å². The molecule has 3 fully saturated rings. The number of aromatic carboxylic acids is 1. The van der Waals surface area contributed by atoms with Crippen molar-refractivity contribution in [1.82, 2.24) is 14.8 Å². The van der Waals surface area contributed by atoms with E-state index in [2.05, 4.69) is 9.88 Å². The molecular weight excluding hydrogens is 507 g/mol. The summed E-state index contributed by atoms with van der Waals surface area (Å²) >= 11 is 0. The van der Waals surface area contributed by atoms with Gasteiger partial charge in [0.15, 0.2) is 0 Å². The van der Waals surface area contributed by atoms with Crippen LogP contribution in [-0.2, 0) is 23.9 Å². The van der Waals surface area contributed by atoms with Gasteiger partial charge in [0.25, 0.3) is 0 Å². The van der Waals surface area contributed by atoms with Crippen molar-refractivity contribution in [2.45, 2.75) is 76.0 Å². The largest absolute Gasteiger partial charge is 0.478 e. The zero-order valence-electron chi connectivity index (χ0n) is 21.9. The first kappa shape index (κ1) is 26.3. The molecule has 1 aromatic heterocycles. The zero-order valence-corrected chi connectivity index (χ0v) is 21.9. The molecule has 0 radical (unpaired) electrons. The average molecular weight is 542 g/mol. The summed E-state index contributed by atoms with van der Waals surface area (Å²) in [5.41, 5.74) is 1.27. The Morgan fingerprint density at radius 3 is 2.59 bits per heavy atom. The van der Waals surface area contributed by atoms with E-state index in [-0.39, 0.29) is 18.4 Å². The smallest absolute Gasteiger partial charge is 0.417 e. The van der Waals surface area contributed by atoms with E-state index in [4.69, 9.17) is 0 Å². The molecule has 1 N–H and O–H groups in total. The number of likely N-dealkylation sites (tertiary alicyclic amines) is 1. The Labute approximate surface area is 226 Å². The van der Waals surface area contributed by atoms with Crippen molar-refractivity contribution in [1.29, 1.82) is 0 Å². The Hall–Kier alpha value is -2.94. The van der Waals surface area contributed by atoms with Crippen molar-refractivity contribution in [3.63, 3.8) is 0 Å². The first-order chi connectivity index (χ1) is 18.7. The molecule has 6 rings (SSSR count). The van der Waals surface area contributed by atoms with Crippen LogP contribution in [0.1, 0.15) is 83.6 Å². The number of pyridine rings is 1. The molecule has 0 bridgehead atoms. The number of carboxylic acids is 1. The van der Waals surface area contributed by atoms with Crippen LogP contribution < -0.4 is 0 Å². The summed E-state index contributed by atoms with van der Waals surface area (Å²) in [6, 6.07) is 8.75. The average Bonchev–Trinajstić information content (AvgIpc) is 3.50. The number of alkyl halides is 3. The fourth-order valence-electron chi connectivity index (χ4n) is 7.93. The predicted molar refractivity (Wildman–Crippen MR) is 138 cm³/mol. The summed E-state index contributed by atoms with van der Waals surface area (Å²) in [6.45, 7) is 2.45. The van der Waals surface area contributed by atoms with Crippen molar-refractivity contribution in [3.05, 3.63) is 64.5 Å². The molecule has 4 aliphatic rings. The number of piperidine rings is 1. The molecular formula is C30H34F3N3O3. The second kappa shape index (κ2) is 9.91. The quantitative estimate of drug-likeness (QED) is 0.553. The maximum absolute atomic E-state index is 14.1. The lowest BCUT2D eigenvalue weighted by atomic mass is 9.78. The zero-order chi connectivity index (χ0) is 27.4. The van der Waals surface area contributed by atoms with Crippen molar-refractivity contribution >= 4 is 11.9 Å². The topological polar surface area (TPSA) is 73.7 Å². The van der Waals surface area contributed by atoms with E-state index < -0.39 is 23.1 Å². The lowest BCUT2D eigenvalue weighted by Crippen LogP contribution is -2.47. The van der Waals surface area contributed by atoms with E-state index >= 15 is 0 Å². The van der Waals surface area contributed by atoms with Gasteiger partial charge < -0.3 is 14.9 Å². The molecule has 208 valence electrons. The number of benzene rings is 1. The number of hydrogen-bond acceptors (Lipinski definition) is 4. The fraction of sp³-hybridized carbons (Fsp3) is 0.567. The number of amides is 1. The third kappa shape index (κ3) is 4.72. The molecule has 1 saturated heterocycles. The summed E-state index contributed by atoms with van der Waals surface area (Å²) in [4.78, 5) is 34.1.